The second kappa shape index (κ2) is 8.43. The van der Waals surface area contributed by atoms with Crippen LogP contribution in [0.5, 0.6) is 5.75 Å². The Balaban J connectivity index is 2.08. The van der Waals surface area contributed by atoms with Gasteiger partial charge >= 0.3 is 5.97 Å². The molecule has 0 aliphatic carbocycles. The van der Waals surface area contributed by atoms with Crippen molar-refractivity contribution in [2.24, 2.45) is 0 Å². The van der Waals surface area contributed by atoms with E-state index in [9.17, 15) is 18.4 Å². The molecule has 5 nitrogen and oxygen atoms in total. The fourth-order valence-corrected chi connectivity index (χ4v) is 3.64. The van der Waals surface area contributed by atoms with Crippen molar-refractivity contribution in [3.63, 3.8) is 0 Å². The summed E-state index contributed by atoms with van der Waals surface area (Å²) in [5, 5.41) is 0. The number of allylic oxidation sites excluding steroid dienone is 1. The van der Waals surface area contributed by atoms with Crippen LogP contribution in [-0.4, -0.2) is 31.0 Å². The molecule has 0 unspecified atom stereocenters. The summed E-state index contributed by atoms with van der Waals surface area (Å²) in [5.74, 6) is -2.93. The number of para-hydroxylation sites is 1. The quantitative estimate of drug-likeness (QED) is 0.713. The molecule has 0 saturated heterocycles. The Morgan fingerprint density at radius 1 is 1.14 bits per heavy atom. The van der Waals surface area contributed by atoms with Crippen LogP contribution in [0, 0.1) is 11.6 Å². The molecule has 2 aromatic rings. The number of esters is 1. The summed E-state index contributed by atoms with van der Waals surface area (Å²) >= 11 is 0. The standard InChI is InChI=1S/C22H21F2NO4/c1-13-20(22(27)29-3)16(15-8-4-5-10-18(15)28-2)11-19(26)25(13)12-14-7-6-9-17(23)21(14)24/h4-10,16H,11-12H2,1-3H3/t16-/m1/s1. The van der Waals surface area contributed by atoms with E-state index in [4.69, 9.17) is 9.47 Å². The van der Waals surface area contributed by atoms with Crippen LogP contribution < -0.4 is 4.74 Å². The van der Waals surface area contributed by atoms with Crippen molar-refractivity contribution >= 4 is 11.9 Å². The first kappa shape index (κ1) is 20.5. The molecule has 2 aromatic carbocycles. The molecule has 152 valence electrons. The van der Waals surface area contributed by atoms with Gasteiger partial charge in [-0.05, 0) is 19.1 Å². The molecule has 7 heteroatoms. The first-order valence-electron chi connectivity index (χ1n) is 9.04. The molecule has 0 saturated carbocycles. The van der Waals surface area contributed by atoms with Crippen LogP contribution >= 0.6 is 0 Å². The van der Waals surface area contributed by atoms with Crippen molar-refractivity contribution < 1.29 is 27.8 Å². The van der Waals surface area contributed by atoms with Crippen molar-refractivity contribution in [2.75, 3.05) is 14.2 Å². The van der Waals surface area contributed by atoms with Crippen LogP contribution in [0.3, 0.4) is 0 Å². The number of benzene rings is 2. The maximum atomic E-state index is 14.1. The summed E-state index contributed by atoms with van der Waals surface area (Å²) in [6.45, 7) is 1.41. The minimum absolute atomic E-state index is 0.0256. The zero-order valence-corrected chi connectivity index (χ0v) is 16.4. The smallest absolute Gasteiger partial charge is 0.336 e. The summed E-state index contributed by atoms with van der Waals surface area (Å²) in [6.07, 6.45) is -0.0287. The van der Waals surface area contributed by atoms with Gasteiger partial charge < -0.3 is 14.4 Å². The lowest BCUT2D eigenvalue weighted by molar-refractivity contribution is -0.138. The molecule has 1 heterocycles. The summed E-state index contributed by atoms with van der Waals surface area (Å²) in [4.78, 5) is 26.8. The van der Waals surface area contributed by atoms with E-state index in [-0.39, 0.29) is 30.0 Å². The zero-order valence-electron chi connectivity index (χ0n) is 16.4. The topological polar surface area (TPSA) is 55.8 Å². The Bertz CT molecular complexity index is 987. The van der Waals surface area contributed by atoms with Gasteiger partial charge in [-0.1, -0.05) is 30.3 Å². The Morgan fingerprint density at radius 3 is 2.55 bits per heavy atom. The number of halogens is 2. The molecule has 1 atom stereocenters. The van der Waals surface area contributed by atoms with Crippen molar-refractivity contribution in [1.29, 1.82) is 0 Å². The number of hydrogen-bond acceptors (Lipinski definition) is 4. The average molecular weight is 401 g/mol. The molecular weight excluding hydrogens is 380 g/mol. The third-order valence-electron chi connectivity index (χ3n) is 5.10. The van der Waals surface area contributed by atoms with Gasteiger partial charge in [0, 0.05) is 29.2 Å². The number of carbonyl (C=O) groups is 2. The SMILES string of the molecule is COC(=O)C1=C(C)N(Cc2cccc(F)c2F)C(=O)C[C@@H]1c1ccccc1OC. The largest absolute Gasteiger partial charge is 0.496 e. The predicted octanol–water partition coefficient (Wildman–Crippen LogP) is 3.94. The van der Waals surface area contributed by atoms with E-state index in [2.05, 4.69) is 0 Å². The summed E-state index contributed by atoms with van der Waals surface area (Å²) in [5.41, 5.74) is 1.33. The van der Waals surface area contributed by atoms with Gasteiger partial charge in [0.15, 0.2) is 11.6 Å². The van der Waals surface area contributed by atoms with E-state index >= 15 is 0 Å². The van der Waals surface area contributed by atoms with Gasteiger partial charge in [-0.3, -0.25) is 4.79 Å². The molecule has 1 amide bonds. The highest BCUT2D eigenvalue weighted by Gasteiger charge is 2.38. The minimum atomic E-state index is -1.01. The van der Waals surface area contributed by atoms with E-state index in [1.54, 1.807) is 31.2 Å². The van der Waals surface area contributed by atoms with Gasteiger partial charge in [-0.15, -0.1) is 0 Å². The number of nitrogens with zero attached hydrogens (tertiary/aromatic N) is 1. The lowest BCUT2D eigenvalue weighted by Gasteiger charge is -2.34. The molecule has 0 fully saturated rings. The van der Waals surface area contributed by atoms with E-state index in [1.807, 2.05) is 0 Å². The second-order valence-electron chi connectivity index (χ2n) is 6.68. The maximum absolute atomic E-state index is 14.1. The first-order valence-corrected chi connectivity index (χ1v) is 9.04. The number of methoxy groups -OCH3 is 2. The van der Waals surface area contributed by atoms with Crippen molar-refractivity contribution in [3.8, 4) is 5.75 Å². The van der Waals surface area contributed by atoms with E-state index < -0.39 is 23.5 Å². The van der Waals surface area contributed by atoms with E-state index in [1.165, 1.54) is 31.3 Å². The van der Waals surface area contributed by atoms with E-state index in [0.29, 0.717) is 17.0 Å². The van der Waals surface area contributed by atoms with Gasteiger partial charge in [-0.2, -0.15) is 0 Å². The highest BCUT2D eigenvalue weighted by molar-refractivity contribution is 5.96. The van der Waals surface area contributed by atoms with Crippen molar-refractivity contribution in [1.82, 2.24) is 4.90 Å². The number of rotatable bonds is 5. The Hall–Kier alpha value is -3.22. The lowest BCUT2D eigenvalue weighted by atomic mass is 9.83. The molecule has 1 aliphatic rings. The van der Waals surface area contributed by atoms with Crippen LogP contribution in [0.2, 0.25) is 0 Å². The van der Waals surface area contributed by atoms with Crippen LogP contribution in [0.15, 0.2) is 53.7 Å². The van der Waals surface area contributed by atoms with Crippen LogP contribution in [-0.2, 0) is 20.9 Å². The molecule has 0 bridgehead atoms. The fourth-order valence-electron chi connectivity index (χ4n) is 3.64. The Morgan fingerprint density at radius 2 is 1.86 bits per heavy atom. The van der Waals surface area contributed by atoms with Gasteiger partial charge in [0.2, 0.25) is 5.91 Å². The third-order valence-corrected chi connectivity index (χ3v) is 5.10. The zero-order chi connectivity index (χ0) is 21.1. The molecule has 1 aliphatic heterocycles. The van der Waals surface area contributed by atoms with Gasteiger partial charge in [0.25, 0.3) is 0 Å². The Kier molecular flexibility index (Phi) is 5.96. The van der Waals surface area contributed by atoms with Crippen molar-refractivity contribution in [3.05, 3.63) is 76.5 Å². The van der Waals surface area contributed by atoms with Crippen LogP contribution in [0.25, 0.3) is 0 Å². The van der Waals surface area contributed by atoms with E-state index in [0.717, 1.165) is 6.07 Å². The normalized spacial score (nSPS) is 16.8. The number of ether oxygens (including phenoxy) is 2. The third kappa shape index (κ3) is 3.85. The number of hydrogen-bond donors (Lipinski definition) is 0. The monoisotopic (exact) mass is 401 g/mol. The molecule has 0 spiro atoms. The number of carbonyl (C=O) groups excluding carboxylic acids is 2. The molecule has 29 heavy (non-hydrogen) atoms. The van der Waals surface area contributed by atoms with Gasteiger partial charge in [0.1, 0.15) is 5.75 Å². The minimum Gasteiger partial charge on any atom is -0.496 e. The van der Waals surface area contributed by atoms with Crippen molar-refractivity contribution in [2.45, 2.75) is 25.8 Å². The molecule has 3 rings (SSSR count). The second-order valence-corrected chi connectivity index (χ2v) is 6.68. The summed E-state index contributed by atoms with van der Waals surface area (Å²) in [7, 11) is 2.77. The average Bonchev–Trinajstić information content (AvgIpc) is 2.73. The first-order chi connectivity index (χ1) is 13.9. The lowest BCUT2D eigenvalue weighted by Crippen LogP contribution is -2.38. The van der Waals surface area contributed by atoms with Crippen LogP contribution in [0.1, 0.15) is 30.4 Å². The Labute approximate surface area is 167 Å². The van der Waals surface area contributed by atoms with Gasteiger partial charge in [0.05, 0.1) is 26.3 Å². The predicted molar refractivity (Wildman–Crippen MR) is 102 cm³/mol. The highest BCUT2D eigenvalue weighted by Crippen LogP contribution is 2.41. The fraction of sp³-hybridized carbons (Fsp3) is 0.273. The highest BCUT2D eigenvalue weighted by atomic mass is 19.2. The summed E-state index contributed by atoms with van der Waals surface area (Å²) in [6, 6.07) is 10.9. The summed E-state index contributed by atoms with van der Waals surface area (Å²) < 4.78 is 38.1. The molecular formula is C22H21F2NO4. The molecule has 0 N–H and O–H groups in total. The van der Waals surface area contributed by atoms with Gasteiger partial charge in [-0.25, -0.2) is 13.6 Å². The molecule has 0 radical (unpaired) electrons. The maximum Gasteiger partial charge on any atom is 0.336 e. The number of amides is 1. The molecule has 0 aromatic heterocycles. The van der Waals surface area contributed by atoms with Crippen LogP contribution in [0.4, 0.5) is 8.78 Å².